The molecular weight excluding hydrogens is 481 g/mol. The molecule has 2 aromatic carbocycles. The number of methoxy groups -OCH3 is 1. The number of fused-ring (bicyclic) bond motifs is 1. The number of pyridine rings is 1. The van der Waals surface area contributed by atoms with E-state index >= 15 is 0 Å². The number of aryl methyl sites for hydroxylation is 2. The Hall–Kier alpha value is -2.68. The molecule has 1 saturated heterocycles. The average Bonchev–Trinajstić information content (AvgIpc) is 2.92. The van der Waals surface area contributed by atoms with E-state index < -0.39 is 17.5 Å². The molecule has 1 aliphatic rings. The number of aliphatic hydroxyl groups is 2. The first-order chi connectivity index (χ1) is 17.9. The van der Waals surface area contributed by atoms with Gasteiger partial charge in [0.05, 0.1) is 19.2 Å². The van der Waals surface area contributed by atoms with Gasteiger partial charge in [0, 0.05) is 24.3 Å². The molecule has 0 aliphatic carbocycles. The van der Waals surface area contributed by atoms with Crippen LogP contribution in [0, 0.1) is 22.9 Å². The van der Waals surface area contributed by atoms with Crippen molar-refractivity contribution in [1.29, 1.82) is 0 Å². The number of aromatic nitrogens is 1. The van der Waals surface area contributed by atoms with Crippen molar-refractivity contribution in [2.75, 3.05) is 33.4 Å². The highest BCUT2D eigenvalue weighted by Gasteiger charge is 2.33. The smallest absolute Gasteiger partial charge is 0.162 e. The molecule has 5 nitrogen and oxygen atoms in total. The molecule has 8 heteroatoms. The molecule has 1 aromatic heterocycles. The van der Waals surface area contributed by atoms with Gasteiger partial charge in [-0.2, -0.15) is 0 Å². The number of piperidine rings is 1. The molecule has 1 fully saturated rings. The van der Waals surface area contributed by atoms with Gasteiger partial charge in [0.1, 0.15) is 11.6 Å². The lowest BCUT2D eigenvalue weighted by Gasteiger charge is -2.41. The molecule has 0 saturated carbocycles. The number of halogens is 3. The molecule has 0 bridgehead atoms. The summed E-state index contributed by atoms with van der Waals surface area (Å²) < 4.78 is 46.1. The largest absolute Gasteiger partial charge is 0.497 e. The van der Waals surface area contributed by atoms with Gasteiger partial charge in [-0.1, -0.05) is 0 Å². The van der Waals surface area contributed by atoms with E-state index in [1.54, 1.807) is 13.3 Å². The highest BCUT2D eigenvalue weighted by Crippen LogP contribution is 2.37. The summed E-state index contributed by atoms with van der Waals surface area (Å²) in [5.41, 5.74) is 2.65. The fourth-order valence-electron chi connectivity index (χ4n) is 5.49. The maximum Gasteiger partial charge on any atom is 0.162 e. The van der Waals surface area contributed by atoms with Gasteiger partial charge in [-0.3, -0.25) is 4.98 Å². The van der Waals surface area contributed by atoms with E-state index in [0.29, 0.717) is 19.0 Å². The van der Waals surface area contributed by atoms with E-state index in [0.717, 1.165) is 79.0 Å². The summed E-state index contributed by atoms with van der Waals surface area (Å²) in [6, 6.07) is 7.38. The van der Waals surface area contributed by atoms with Crippen molar-refractivity contribution in [2.24, 2.45) is 5.41 Å². The van der Waals surface area contributed by atoms with Crippen molar-refractivity contribution in [3.63, 3.8) is 0 Å². The third-order valence-electron chi connectivity index (χ3n) is 7.82. The van der Waals surface area contributed by atoms with Crippen LogP contribution in [0.25, 0.3) is 10.9 Å². The van der Waals surface area contributed by atoms with E-state index in [1.807, 2.05) is 18.2 Å². The molecule has 200 valence electrons. The molecule has 0 radical (unpaired) electrons. The molecule has 1 aliphatic heterocycles. The van der Waals surface area contributed by atoms with Crippen LogP contribution in [0.15, 0.2) is 36.5 Å². The monoisotopic (exact) mass is 516 g/mol. The Morgan fingerprint density at radius 3 is 2.49 bits per heavy atom. The van der Waals surface area contributed by atoms with E-state index in [2.05, 4.69) is 9.88 Å². The minimum atomic E-state index is -1.15. The Labute approximate surface area is 215 Å². The zero-order valence-electron chi connectivity index (χ0n) is 21.3. The van der Waals surface area contributed by atoms with Crippen molar-refractivity contribution in [2.45, 2.75) is 51.6 Å². The van der Waals surface area contributed by atoms with Gasteiger partial charge in [0.15, 0.2) is 11.6 Å². The molecule has 2 N–H and O–H groups in total. The maximum absolute atomic E-state index is 13.9. The van der Waals surface area contributed by atoms with Gasteiger partial charge in [-0.05, 0) is 111 Å². The van der Waals surface area contributed by atoms with Crippen LogP contribution in [0.1, 0.15) is 48.8 Å². The number of ether oxygens (including phenoxy) is 1. The Morgan fingerprint density at radius 1 is 1.00 bits per heavy atom. The summed E-state index contributed by atoms with van der Waals surface area (Å²) in [5, 5.41) is 21.1. The van der Waals surface area contributed by atoms with E-state index in [1.165, 1.54) is 0 Å². The fourth-order valence-corrected chi connectivity index (χ4v) is 5.49. The minimum Gasteiger partial charge on any atom is -0.497 e. The Bertz CT molecular complexity index is 1210. The van der Waals surface area contributed by atoms with Gasteiger partial charge >= 0.3 is 0 Å². The van der Waals surface area contributed by atoms with Gasteiger partial charge in [-0.25, -0.2) is 13.2 Å². The molecule has 37 heavy (non-hydrogen) atoms. The number of aliphatic hydroxyl groups excluding tert-OH is 2. The van der Waals surface area contributed by atoms with Gasteiger partial charge < -0.3 is 19.8 Å². The molecule has 0 amide bonds. The van der Waals surface area contributed by atoms with Crippen LogP contribution in [0.4, 0.5) is 13.2 Å². The Balaban J connectivity index is 1.31. The number of hydrogen-bond donors (Lipinski definition) is 2. The topological polar surface area (TPSA) is 65.8 Å². The Morgan fingerprint density at radius 2 is 1.78 bits per heavy atom. The average molecular weight is 517 g/mol. The molecule has 2 heterocycles. The number of hydrogen-bond acceptors (Lipinski definition) is 5. The van der Waals surface area contributed by atoms with Crippen LogP contribution in [0.3, 0.4) is 0 Å². The van der Waals surface area contributed by atoms with Gasteiger partial charge in [-0.15, -0.1) is 0 Å². The summed E-state index contributed by atoms with van der Waals surface area (Å²) in [5.74, 6) is -2.13. The lowest BCUT2D eigenvalue weighted by atomic mass is 9.74. The first kappa shape index (κ1) is 27.4. The Kier molecular flexibility index (Phi) is 9.05. The third kappa shape index (κ3) is 6.43. The molecule has 3 aromatic rings. The second-order valence-corrected chi connectivity index (χ2v) is 10.1. The van der Waals surface area contributed by atoms with Crippen molar-refractivity contribution >= 4 is 10.9 Å². The maximum atomic E-state index is 13.9. The standard InChI is InChI=1S/C29H35F3N2O3/c1-37-23-6-7-27-25(16-23)24(21(18-35)17-33-27)5-2-8-29(19-36)9-12-34(13-10-29)11-3-4-20-14-22(30)15-26(31)28(20)32/h6-7,14-17,35-36H,2-5,8-13,18-19H2,1H3. The first-order valence-electron chi connectivity index (χ1n) is 12.9. The summed E-state index contributed by atoms with van der Waals surface area (Å²) in [7, 11) is 1.63. The predicted molar refractivity (Wildman–Crippen MR) is 137 cm³/mol. The van der Waals surface area contributed by atoms with Crippen molar-refractivity contribution in [1.82, 2.24) is 9.88 Å². The van der Waals surface area contributed by atoms with Gasteiger partial charge in [0.2, 0.25) is 0 Å². The van der Waals surface area contributed by atoms with E-state index in [-0.39, 0.29) is 30.6 Å². The fraction of sp³-hybridized carbons (Fsp3) is 0.483. The molecule has 0 unspecified atom stereocenters. The van der Waals surface area contributed by atoms with Crippen molar-refractivity contribution < 1.29 is 28.1 Å². The quantitative estimate of drug-likeness (QED) is 0.344. The third-order valence-corrected chi connectivity index (χ3v) is 7.82. The van der Waals surface area contributed by atoms with Crippen LogP contribution < -0.4 is 4.74 Å². The second kappa shape index (κ2) is 12.2. The number of benzene rings is 2. The lowest BCUT2D eigenvalue weighted by Crippen LogP contribution is -2.42. The molecule has 0 spiro atoms. The van der Waals surface area contributed by atoms with Crippen LogP contribution in [-0.4, -0.2) is 53.4 Å². The second-order valence-electron chi connectivity index (χ2n) is 10.1. The normalized spacial score (nSPS) is 15.8. The number of rotatable bonds is 11. The summed E-state index contributed by atoms with van der Waals surface area (Å²) in [4.78, 5) is 6.73. The summed E-state index contributed by atoms with van der Waals surface area (Å²) in [6.45, 7) is 2.38. The predicted octanol–water partition coefficient (Wildman–Crippen LogP) is 5.18. The number of likely N-dealkylation sites (tertiary alicyclic amines) is 1. The lowest BCUT2D eigenvalue weighted by molar-refractivity contribution is 0.0353. The van der Waals surface area contributed by atoms with E-state index in [4.69, 9.17) is 4.74 Å². The summed E-state index contributed by atoms with van der Waals surface area (Å²) in [6.07, 6.45) is 6.82. The zero-order valence-corrected chi connectivity index (χ0v) is 21.3. The highest BCUT2D eigenvalue weighted by atomic mass is 19.2. The molecule has 0 atom stereocenters. The molecule has 4 rings (SSSR count). The molecular formula is C29H35F3N2O3. The van der Waals surface area contributed by atoms with Crippen molar-refractivity contribution in [3.05, 3.63) is 70.7 Å². The van der Waals surface area contributed by atoms with E-state index in [9.17, 15) is 23.4 Å². The minimum absolute atomic E-state index is 0.0720. The zero-order chi connectivity index (χ0) is 26.4. The SMILES string of the molecule is COc1ccc2ncc(CO)c(CCCC3(CO)CCN(CCCc4cc(F)cc(F)c4F)CC3)c2c1. The van der Waals surface area contributed by atoms with Crippen LogP contribution >= 0.6 is 0 Å². The van der Waals surface area contributed by atoms with Crippen LogP contribution in [-0.2, 0) is 19.4 Å². The summed E-state index contributed by atoms with van der Waals surface area (Å²) >= 11 is 0. The first-order valence-corrected chi connectivity index (χ1v) is 12.9. The number of nitrogens with zero attached hydrogens (tertiary/aromatic N) is 2. The van der Waals surface area contributed by atoms with Crippen LogP contribution in [0.5, 0.6) is 5.75 Å². The van der Waals surface area contributed by atoms with Gasteiger partial charge in [0.25, 0.3) is 0 Å². The van der Waals surface area contributed by atoms with Crippen molar-refractivity contribution in [3.8, 4) is 5.75 Å². The van der Waals surface area contributed by atoms with Crippen LogP contribution in [0.2, 0.25) is 0 Å². The highest BCUT2D eigenvalue weighted by molar-refractivity contribution is 5.84.